The highest BCUT2D eigenvalue weighted by atomic mass is 19.1. The quantitative estimate of drug-likeness (QED) is 0.498. The van der Waals surface area contributed by atoms with Gasteiger partial charge in [-0.3, -0.25) is 9.78 Å². The Kier molecular flexibility index (Phi) is 5.80. The summed E-state index contributed by atoms with van der Waals surface area (Å²) in [6.45, 7) is 6.26. The summed E-state index contributed by atoms with van der Waals surface area (Å²) >= 11 is 0. The molecule has 2 aromatic heterocycles. The van der Waals surface area contributed by atoms with Crippen molar-refractivity contribution in [2.75, 3.05) is 0 Å². The van der Waals surface area contributed by atoms with Crippen LogP contribution >= 0.6 is 0 Å². The third-order valence-electron chi connectivity index (χ3n) is 5.62. The molecule has 158 valence electrons. The summed E-state index contributed by atoms with van der Waals surface area (Å²) in [7, 11) is 0. The summed E-state index contributed by atoms with van der Waals surface area (Å²) in [4.78, 5) is 22.0. The fraction of sp³-hybridized carbons (Fsp3) is 0.240. The number of aryl methyl sites for hydroxylation is 2. The number of hydrogen-bond donors (Lipinski definition) is 1. The van der Waals surface area contributed by atoms with E-state index in [1.165, 1.54) is 6.07 Å². The smallest absolute Gasteiger partial charge is 0.243 e. The van der Waals surface area contributed by atoms with E-state index in [-0.39, 0.29) is 11.7 Å². The molecule has 1 amide bonds. The highest BCUT2D eigenvalue weighted by Gasteiger charge is 2.23. The molecule has 1 N–H and O–H groups in total. The van der Waals surface area contributed by atoms with Gasteiger partial charge in [-0.25, -0.2) is 9.37 Å². The lowest BCUT2D eigenvalue weighted by molar-refractivity contribution is -0.124. The Balaban J connectivity index is 1.70. The van der Waals surface area contributed by atoms with Crippen LogP contribution in [0.3, 0.4) is 0 Å². The van der Waals surface area contributed by atoms with E-state index in [9.17, 15) is 9.18 Å². The van der Waals surface area contributed by atoms with Crippen LogP contribution in [0.5, 0.6) is 0 Å². The molecule has 31 heavy (non-hydrogen) atoms. The van der Waals surface area contributed by atoms with Gasteiger partial charge in [0.15, 0.2) is 0 Å². The number of benzene rings is 2. The first-order valence-electron chi connectivity index (χ1n) is 10.3. The molecule has 1 unspecified atom stereocenters. The number of fused-ring (bicyclic) bond motifs is 1. The number of nitrogens with one attached hydrogen (secondary N) is 1. The lowest BCUT2D eigenvalue weighted by Crippen LogP contribution is -2.31. The van der Waals surface area contributed by atoms with Crippen molar-refractivity contribution in [1.82, 2.24) is 19.9 Å². The van der Waals surface area contributed by atoms with E-state index in [2.05, 4.69) is 10.3 Å². The molecule has 0 radical (unpaired) electrons. The summed E-state index contributed by atoms with van der Waals surface area (Å²) in [6.07, 6.45) is 2.00. The second kappa shape index (κ2) is 8.68. The SMILES string of the molecule is Cc1cc2nc(Cc3ccccc3F)n(C(C)C(=O)NCc3ccccn3)c2cc1C. The lowest BCUT2D eigenvalue weighted by Gasteiger charge is -2.18. The molecule has 0 bridgehead atoms. The summed E-state index contributed by atoms with van der Waals surface area (Å²) < 4.78 is 16.3. The Morgan fingerprint density at radius 2 is 1.84 bits per heavy atom. The number of amides is 1. The second-order valence-corrected chi connectivity index (χ2v) is 7.81. The average Bonchev–Trinajstić information content (AvgIpc) is 3.10. The summed E-state index contributed by atoms with van der Waals surface area (Å²) in [6, 6.07) is 15.8. The van der Waals surface area contributed by atoms with Crippen LogP contribution in [0.25, 0.3) is 11.0 Å². The number of imidazole rings is 1. The molecule has 2 heterocycles. The molecule has 6 heteroatoms. The highest BCUT2D eigenvalue weighted by Crippen LogP contribution is 2.26. The number of nitrogens with zero attached hydrogens (tertiary/aromatic N) is 3. The van der Waals surface area contributed by atoms with Crippen LogP contribution in [0.4, 0.5) is 4.39 Å². The van der Waals surface area contributed by atoms with E-state index in [0.29, 0.717) is 24.4 Å². The second-order valence-electron chi connectivity index (χ2n) is 7.81. The summed E-state index contributed by atoms with van der Waals surface area (Å²) in [5.41, 5.74) is 5.26. The molecular weight excluding hydrogens is 391 g/mol. The largest absolute Gasteiger partial charge is 0.349 e. The molecule has 0 spiro atoms. The molecule has 4 rings (SSSR count). The number of aromatic nitrogens is 3. The van der Waals surface area contributed by atoms with Crippen LogP contribution in [-0.4, -0.2) is 20.4 Å². The molecule has 0 fully saturated rings. The topological polar surface area (TPSA) is 59.8 Å². The molecule has 2 aromatic carbocycles. The lowest BCUT2D eigenvalue weighted by atomic mass is 10.1. The third-order valence-corrected chi connectivity index (χ3v) is 5.62. The minimum atomic E-state index is -0.516. The molecule has 0 aliphatic carbocycles. The van der Waals surface area contributed by atoms with Gasteiger partial charge in [0.1, 0.15) is 17.7 Å². The van der Waals surface area contributed by atoms with Gasteiger partial charge in [-0.05, 0) is 67.8 Å². The predicted molar refractivity (Wildman–Crippen MR) is 119 cm³/mol. The highest BCUT2D eigenvalue weighted by molar-refractivity contribution is 5.84. The molecule has 1 atom stereocenters. The molecule has 0 saturated heterocycles. The Hall–Kier alpha value is -3.54. The maximum absolute atomic E-state index is 14.3. The molecule has 5 nitrogen and oxygen atoms in total. The van der Waals surface area contributed by atoms with Crippen LogP contribution in [-0.2, 0) is 17.8 Å². The van der Waals surface area contributed by atoms with Gasteiger partial charge in [0.25, 0.3) is 0 Å². The van der Waals surface area contributed by atoms with E-state index in [1.54, 1.807) is 18.3 Å². The minimum Gasteiger partial charge on any atom is -0.349 e. The standard InChI is InChI=1S/C25H25FN4O/c1-16-12-22-23(13-17(16)2)30(24(29-22)14-19-8-4-5-10-21(19)26)18(3)25(31)28-15-20-9-6-7-11-27-20/h4-13,18H,14-15H2,1-3H3,(H,28,31). The van der Waals surface area contributed by atoms with Crippen molar-refractivity contribution in [1.29, 1.82) is 0 Å². The van der Waals surface area contributed by atoms with Crippen LogP contribution < -0.4 is 5.32 Å². The van der Waals surface area contributed by atoms with E-state index in [0.717, 1.165) is 27.9 Å². The minimum absolute atomic E-state index is 0.141. The van der Waals surface area contributed by atoms with E-state index >= 15 is 0 Å². The first kappa shape index (κ1) is 20.7. The molecule has 0 saturated carbocycles. The average molecular weight is 417 g/mol. The Bertz CT molecular complexity index is 1230. The monoisotopic (exact) mass is 416 g/mol. The molecule has 0 aliphatic heterocycles. The van der Waals surface area contributed by atoms with E-state index in [4.69, 9.17) is 4.98 Å². The predicted octanol–water partition coefficient (Wildman–Crippen LogP) is 4.66. The zero-order valence-electron chi connectivity index (χ0n) is 17.9. The first-order chi connectivity index (χ1) is 14.9. The Morgan fingerprint density at radius 1 is 1.10 bits per heavy atom. The maximum atomic E-state index is 14.3. The summed E-state index contributed by atoms with van der Waals surface area (Å²) in [5, 5.41) is 2.96. The number of rotatable bonds is 6. The van der Waals surface area contributed by atoms with Crippen molar-refractivity contribution in [3.05, 3.63) is 94.8 Å². The zero-order valence-corrected chi connectivity index (χ0v) is 17.9. The fourth-order valence-corrected chi connectivity index (χ4v) is 3.71. The van der Waals surface area contributed by atoms with Gasteiger partial charge in [0, 0.05) is 12.6 Å². The van der Waals surface area contributed by atoms with Crippen LogP contribution in [0.1, 0.15) is 41.2 Å². The molecule has 4 aromatic rings. The van der Waals surface area contributed by atoms with Crippen LogP contribution in [0.2, 0.25) is 0 Å². The van der Waals surface area contributed by atoms with Gasteiger partial charge < -0.3 is 9.88 Å². The van der Waals surface area contributed by atoms with Crippen molar-refractivity contribution in [3.63, 3.8) is 0 Å². The normalized spacial score (nSPS) is 12.1. The maximum Gasteiger partial charge on any atom is 0.243 e. The third kappa shape index (κ3) is 4.33. The fourth-order valence-electron chi connectivity index (χ4n) is 3.71. The number of carbonyl (C=O) groups excluding carboxylic acids is 1. The van der Waals surface area contributed by atoms with Crippen LogP contribution in [0, 0.1) is 19.7 Å². The number of pyridine rings is 1. The molecule has 0 aliphatic rings. The van der Waals surface area contributed by atoms with Gasteiger partial charge >= 0.3 is 0 Å². The van der Waals surface area contributed by atoms with Crippen molar-refractivity contribution in [2.24, 2.45) is 0 Å². The van der Waals surface area contributed by atoms with Gasteiger partial charge in [-0.2, -0.15) is 0 Å². The Morgan fingerprint density at radius 3 is 2.58 bits per heavy atom. The van der Waals surface area contributed by atoms with E-state index < -0.39 is 6.04 Å². The summed E-state index contributed by atoms with van der Waals surface area (Å²) in [5.74, 6) is 0.240. The van der Waals surface area contributed by atoms with Crippen LogP contribution in [0.15, 0.2) is 60.8 Å². The van der Waals surface area contributed by atoms with Crippen molar-refractivity contribution >= 4 is 16.9 Å². The van der Waals surface area contributed by atoms with Crippen molar-refractivity contribution in [3.8, 4) is 0 Å². The Labute approximate surface area is 181 Å². The number of carbonyl (C=O) groups is 1. The number of hydrogen-bond acceptors (Lipinski definition) is 3. The van der Waals surface area contributed by atoms with Crippen molar-refractivity contribution in [2.45, 2.75) is 39.8 Å². The van der Waals surface area contributed by atoms with Crippen molar-refractivity contribution < 1.29 is 9.18 Å². The van der Waals surface area contributed by atoms with Gasteiger partial charge in [-0.15, -0.1) is 0 Å². The van der Waals surface area contributed by atoms with E-state index in [1.807, 2.05) is 61.7 Å². The van der Waals surface area contributed by atoms with Gasteiger partial charge in [0.2, 0.25) is 5.91 Å². The molecular formula is C25H25FN4O. The zero-order chi connectivity index (χ0) is 22.0. The first-order valence-corrected chi connectivity index (χ1v) is 10.3. The van der Waals surface area contributed by atoms with Gasteiger partial charge in [0.05, 0.1) is 23.3 Å². The number of halogens is 1. The van der Waals surface area contributed by atoms with Gasteiger partial charge in [-0.1, -0.05) is 24.3 Å².